The first-order valence-electron chi connectivity index (χ1n) is 6.54. The first-order valence-corrected chi connectivity index (χ1v) is 6.54. The molecule has 0 aromatic heterocycles. The third-order valence-electron chi connectivity index (χ3n) is 3.46. The average Bonchev–Trinajstić information content (AvgIpc) is 2.49. The lowest BCUT2D eigenvalue weighted by atomic mass is 9.94. The first kappa shape index (κ1) is 15.3. The smallest absolute Gasteiger partial charge is 0.124 e. The predicted octanol–water partition coefficient (Wildman–Crippen LogP) is 2.70. The van der Waals surface area contributed by atoms with Gasteiger partial charge >= 0.3 is 0 Å². The lowest BCUT2D eigenvalue weighted by Gasteiger charge is -2.22. The van der Waals surface area contributed by atoms with Gasteiger partial charge in [0.2, 0.25) is 0 Å². The molecule has 0 fully saturated rings. The highest BCUT2D eigenvalue weighted by molar-refractivity contribution is 5.47. The van der Waals surface area contributed by atoms with Crippen molar-refractivity contribution in [1.29, 1.82) is 0 Å². The average molecular weight is 290 g/mol. The van der Waals surface area contributed by atoms with E-state index in [4.69, 9.17) is 15.3 Å². The monoisotopic (exact) mass is 290 g/mol. The molecule has 0 amide bonds. The van der Waals surface area contributed by atoms with Gasteiger partial charge in [-0.3, -0.25) is 5.84 Å². The summed E-state index contributed by atoms with van der Waals surface area (Å²) >= 11 is 0. The van der Waals surface area contributed by atoms with Gasteiger partial charge < -0.3 is 9.47 Å². The van der Waals surface area contributed by atoms with Gasteiger partial charge in [-0.1, -0.05) is 6.07 Å². The second-order valence-corrected chi connectivity index (χ2v) is 4.71. The molecule has 0 saturated carbocycles. The minimum Gasteiger partial charge on any atom is -0.497 e. The van der Waals surface area contributed by atoms with E-state index in [-0.39, 0.29) is 11.9 Å². The number of methoxy groups -OCH3 is 2. The fraction of sp³-hybridized carbons (Fsp3) is 0.250. The predicted molar refractivity (Wildman–Crippen MR) is 79.8 cm³/mol. The summed E-state index contributed by atoms with van der Waals surface area (Å²) in [6.07, 6.45) is 0. The van der Waals surface area contributed by atoms with Crippen molar-refractivity contribution in [3.8, 4) is 11.5 Å². The summed E-state index contributed by atoms with van der Waals surface area (Å²) in [6, 6.07) is 9.77. The van der Waals surface area contributed by atoms with Crippen LogP contribution < -0.4 is 20.7 Å². The largest absolute Gasteiger partial charge is 0.497 e. The highest BCUT2D eigenvalue weighted by Gasteiger charge is 2.20. The van der Waals surface area contributed by atoms with Crippen molar-refractivity contribution in [2.45, 2.75) is 13.0 Å². The molecule has 0 heterocycles. The van der Waals surface area contributed by atoms with Gasteiger partial charge in [-0.2, -0.15) is 0 Å². The highest BCUT2D eigenvalue weighted by Crippen LogP contribution is 2.34. The van der Waals surface area contributed by atoms with E-state index in [1.54, 1.807) is 20.3 Å². The van der Waals surface area contributed by atoms with Crippen LogP contribution in [-0.4, -0.2) is 14.2 Å². The van der Waals surface area contributed by atoms with Crippen LogP contribution in [-0.2, 0) is 0 Å². The van der Waals surface area contributed by atoms with Crippen molar-refractivity contribution in [2.75, 3.05) is 14.2 Å². The number of halogens is 1. The van der Waals surface area contributed by atoms with E-state index in [0.29, 0.717) is 11.5 Å². The van der Waals surface area contributed by atoms with Gasteiger partial charge in [0.1, 0.15) is 17.3 Å². The quantitative estimate of drug-likeness (QED) is 0.656. The number of aryl methyl sites for hydroxylation is 1. The van der Waals surface area contributed by atoms with E-state index < -0.39 is 0 Å². The van der Waals surface area contributed by atoms with Gasteiger partial charge in [0.15, 0.2) is 0 Å². The number of nitrogens with one attached hydrogen (secondary N) is 1. The van der Waals surface area contributed by atoms with Crippen molar-refractivity contribution in [3.63, 3.8) is 0 Å². The highest BCUT2D eigenvalue weighted by atomic mass is 19.1. The van der Waals surface area contributed by atoms with Crippen LogP contribution in [0.2, 0.25) is 0 Å². The molecule has 4 nitrogen and oxygen atoms in total. The fourth-order valence-corrected chi connectivity index (χ4v) is 2.38. The molecule has 0 spiro atoms. The van der Waals surface area contributed by atoms with Crippen LogP contribution in [0.25, 0.3) is 0 Å². The van der Waals surface area contributed by atoms with Crippen molar-refractivity contribution >= 4 is 0 Å². The maximum Gasteiger partial charge on any atom is 0.124 e. The van der Waals surface area contributed by atoms with Crippen LogP contribution in [0.3, 0.4) is 0 Å². The van der Waals surface area contributed by atoms with Crippen LogP contribution >= 0.6 is 0 Å². The van der Waals surface area contributed by atoms with E-state index in [1.165, 1.54) is 12.1 Å². The summed E-state index contributed by atoms with van der Waals surface area (Å²) in [5, 5.41) is 0. The molecular formula is C16H19FN2O2. The molecule has 3 N–H and O–H groups in total. The minimum atomic E-state index is -0.323. The molecule has 0 radical (unpaired) electrons. The molecule has 1 atom stereocenters. The van der Waals surface area contributed by atoms with Gasteiger partial charge in [-0.25, -0.2) is 9.82 Å². The Kier molecular flexibility index (Phi) is 4.77. The zero-order chi connectivity index (χ0) is 15.4. The minimum absolute atomic E-state index is 0.273. The van der Waals surface area contributed by atoms with Crippen LogP contribution in [0.15, 0.2) is 36.4 Å². The Morgan fingerprint density at radius 2 is 1.81 bits per heavy atom. The lowest BCUT2D eigenvalue weighted by molar-refractivity contribution is 0.394. The van der Waals surface area contributed by atoms with Crippen molar-refractivity contribution in [3.05, 3.63) is 58.9 Å². The third kappa shape index (κ3) is 3.15. The molecule has 1 unspecified atom stereocenters. The molecular weight excluding hydrogens is 271 g/mol. The number of nitrogens with two attached hydrogens (primary N) is 1. The SMILES string of the molecule is COc1ccc(OC)c(C(NN)c2ccc(F)cc2C)c1. The normalized spacial score (nSPS) is 12.0. The van der Waals surface area contributed by atoms with Crippen molar-refractivity contribution in [1.82, 2.24) is 5.43 Å². The molecule has 0 saturated heterocycles. The Balaban J connectivity index is 2.54. The molecule has 2 aromatic carbocycles. The zero-order valence-electron chi connectivity index (χ0n) is 12.3. The molecule has 0 aliphatic heterocycles. The Bertz CT molecular complexity index is 632. The van der Waals surface area contributed by atoms with Crippen molar-refractivity contribution < 1.29 is 13.9 Å². The summed E-state index contributed by atoms with van der Waals surface area (Å²) < 4.78 is 23.9. The Hall–Kier alpha value is -2.11. The maximum atomic E-state index is 13.3. The molecule has 112 valence electrons. The summed E-state index contributed by atoms with van der Waals surface area (Å²) in [4.78, 5) is 0. The van der Waals surface area contributed by atoms with Gasteiger partial charge in [-0.05, 0) is 48.4 Å². The van der Waals surface area contributed by atoms with Crippen LogP contribution in [0, 0.1) is 12.7 Å². The summed E-state index contributed by atoms with van der Waals surface area (Å²) in [5.74, 6) is 6.83. The number of ether oxygens (including phenoxy) is 2. The third-order valence-corrected chi connectivity index (χ3v) is 3.46. The topological polar surface area (TPSA) is 56.5 Å². The Morgan fingerprint density at radius 3 is 2.38 bits per heavy atom. The second kappa shape index (κ2) is 6.56. The van der Waals surface area contributed by atoms with Crippen LogP contribution in [0.5, 0.6) is 11.5 Å². The van der Waals surface area contributed by atoms with Crippen LogP contribution in [0.1, 0.15) is 22.7 Å². The zero-order valence-corrected chi connectivity index (χ0v) is 12.3. The standard InChI is InChI=1S/C16H19FN2O2/c1-10-8-11(17)4-6-13(10)16(19-18)14-9-12(20-2)5-7-15(14)21-3/h4-9,16,19H,18H2,1-3H3. The van der Waals surface area contributed by atoms with E-state index >= 15 is 0 Å². The Morgan fingerprint density at radius 1 is 1.05 bits per heavy atom. The maximum absolute atomic E-state index is 13.3. The van der Waals surface area contributed by atoms with Crippen LogP contribution in [0.4, 0.5) is 4.39 Å². The Labute approximate surface area is 123 Å². The molecule has 0 aliphatic carbocycles. The molecule has 5 heteroatoms. The number of rotatable bonds is 5. The number of hydrogen-bond donors (Lipinski definition) is 2. The molecule has 2 aromatic rings. The van der Waals surface area contributed by atoms with E-state index in [1.807, 2.05) is 25.1 Å². The lowest BCUT2D eigenvalue weighted by Crippen LogP contribution is -2.29. The van der Waals surface area contributed by atoms with E-state index in [9.17, 15) is 4.39 Å². The molecule has 0 bridgehead atoms. The van der Waals surface area contributed by atoms with E-state index in [0.717, 1.165) is 16.7 Å². The fourth-order valence-electron chi connectivity index (χ4n) is 2.38. The number of hydrazine groups is 1. The van der Waals surface area contributed by atoms with Gasteiger partial charge in [0.05, 0.1) is 20.3 Å². The number of benzene rings is 2. The summed E-state index contributed by atoms with van der Waals surface area (Å²) in [7, 11) is 3.19. The molecule has 2 rings (SSSR count). The molecule has 0 aliphatic rings. The van der Waals surface area contributed by atoms with Gasteiger partial charge in [0, 0.05) is 5.56 Å². The summed E-state index contributed by atoms with van der Waals surface area (Å²) in [6.45, 7) is 1.84. The van der Waals surface area contributed by atoms with Gasteiger partial charge in [-0.15, -0.1) is 0 Å². The summed E-state index contributed by atoms with van der Waals surface area (Å²) in [5.41, 5.74) is 5.28. The number of hydrogen-bond acceptors (Lipinski definition) is 4. The van der Waals surface area contributed by atoms with Crippen molar-refractivity contribution in [2.24, 2.45) is 5.84 Å². The van der Waals surface area contributed by atoms with E-state index in [2.05, 4.69) is 5.43 Å². The van der Waals surface area contributed by atoms with Gasteiger partial charge in [0.25, 0.3) is 0 Å². The first-order chi connectivity index (χ1) is 10.1. The second-order valence-electron chi connectivity index (χ2n) is 4.71. The molecule has 21 heavy (non-hydrogen) atoms.